The van der Waals surface area contributed by atoms with E-state index >= 15 is 0 Å². The summed E-state index contributed by atoms with van der Waals surface area (Å²) in [6.45, 7) is 2.08. The van der Waals surface area contributed by atoms with E-state index in [1.54, 1.807) is 6.20 Å². The Balaban J connectivity index is 2.32. The van der Waals surface area contributed by atoms with Crippen molar-refractivity contribution in [2.75, 3.05) is 0 Å². The summed E-state index contributed by atoms with van der Waals surface area (Å²) in [6, 6.07) is 10.9. The summed E-state index contributed by atoms with van der Waals surface area (Å²) in [5.41, 5.74) is 1.15. The van der Waals surface area contributed by atoms with E-state index < -0.39 is 0 Å². The van der Waals surface area contributed by atoms with Crippen LogP contribution in [0.1, 0.15) is 18.5 Å². The highest BCUT2D eigenvalue weighted by Crippen LogP contribution is 2.19. The van der Waals surface area contributed by atoms with Crippen LogP contribution in [0, 0.1) is 6.07 Å². The topological polar surface area (TPSA) is 17.8 Å². The van der Waals surface area contributed by atoms with Crippen molar-refractivity contribution in [1.82, 2.24) is 9.78 Å². The molecule has 1 heterocycles. The summed E-state index contributed by atoms with van der Waals surface area (Å²) in [4.78, 5) is 0. The maximum absolute atomic E-state index is 5.91. The Morgan fingerprint density at radius 3 is 3.00 bits per heavy atom. The van der Waals surface area contributed by atoms with Gasteiger partial charge in [0.05, 0.1) is 12.2 Å². The number of benzene rings is 1. The van der Waals surface area contributed by atoms with E-state index in [2.05, 4.69) is 18.1 Å². The predicted octanol–water partition coefficient (Wildman–Crippen LogP) is 2.95. The minimum absolute atomic E-state index is 0.194. The van der Waals surface area contributed by atoms with Gasteiger partial charge < -0.3 is 0 Å². The lowest BCUT2D eigenvalue weighted by Crippen LogP contribution is -2.06. The Morgan fingerprint density at radius 1 is 1.50 bits per heavy atom. The van der Waals surface area contributed by atoms with Crippen LogP contribution in [-0.2, 0) is 0 Å². The number of hydrogen-bond donors (Lipinski definition) is 0. The second-order valence-electron chi connectivity index (χ2n) is 3.15. The van der Waals surface area contributed by atoms with E-state index in [0.717, 1.165) is 10.6 Å². The fraction of sp³-hybridized carbons (Fsp3) is 0.182. The largest absolute Gasteiger partial charge is 0.265 e. The number of nitrogens with zero attached hydrogens (tertiary/aromatic N) is 2. The van der Waals surface area contributed by atoms with Gasteiger partial charge in [0.25, 0.3) is 0 Å². The summed E-state index contributed by atoms with van der Waals surface area (Å²) in [6.07, 6.45) is 3.48. The van der Waals surface area contributed by atoms with Crippen LogP contribution in [-0.4, -0.2) is 9.78 Å². The Kier molecular flexibility index (Phi) is 2.55. The third-order valence-corrected chi connectivity index (χ3v) is 2.44. The molecule has 1 aromatic heterocycles. The molecule has 0 saturated carbocycles. The molecule has 0 aliphatic carbocycles. The van der Waals surface area contributed by atoms with Crippen LogP contribution in [0.15, 0.2) is 36.7 Å². The summed E-state index contributed by atoms with van der Waals surface area (Å²) in [5, 5.41) is 4.90. The van der Waals surface area contributed by atoms with E-state index in [0.29, 0.717) is 0 Å². The van der Waals surface area contributed by atoms with Gasteiger partial charge in [0.1, 0.15) is 0 Å². The monoisotopic (exact) mass is 205 g/mol. The van der Waals surface area contributed by atoms with E-state index in [9.17, 15) is 0 Å². The van der Waals surface area contributed by atoms with E-state index in [1.165, 1.54) is 0 Å². The number of hydrogen-bond acceptors (Lipinski definition) is 1. The molecule has 0 saturated heterocycles. The van der Waals surface area contributed by atoms with Crippen LogP contribution in [0.2, 0.25) is 5.02 Å². The second kappa shape index (κ2) is 3.84. The van der Waals surface area contributed by atoms with Crippen molar-refractivity contribution in [3.63, 3.8) is 0 Å². The first-order chi connectivity index (χ1) is 6.77. The lowest BCUT2D eigenvalue weighted by Gasteiger charge is -2.12. The highest BCUT2D eigenvalue weighted by atomic mass is 35.5. The molecule has 1 atom stereocenters. The smallest absolute Gasteiger partial charge is 0.0741 e. The van der Waals surface area contributed by atoms with Gasteiger partial charge >= 0.3 is 0 Å². The molecule has 2 nitrogen and oxygen atoms in total. The average molecular weight is 206 g/mol. The average Bonchev–Trinajstić information content (AvgIpc) is 2.69. The summed E-state index contributed by atoms with van der Waals surface area (Å²) in [5.74, 6) is 0. The molecule has 1 aromatic carbocycles. The molecule has 2 rings (SSSR count). The maximum Gasteiger partial charge on any atom is 0.0741 e. The lowest BCUT2D eigenvalue weighted by atomic mass is 10.1. The second-order valence-corrected chi connectivity index (χ2v) is 3.59. The summed E-state index contributed by atoms with van der Waals surface area (Å²) < 4.78 is 1.85. The molecule has 14 heavy (non-hydrogen) atoms. The fourth-order valence-electron chi connectivity index (χ4n) is 1.37. The number of rotatable bonds is 2. The first-order valence-corrected chi connectivity index (χ1v) is 4.81. The Hall–Kier alpha value is -1.28. The summed E-state index contributed by atoms with van der Waals surface area (Å²) in [7, 11) is 0. The fourth-order valence-corrected chi connectivity index (χ4v) is 1.57. The van der Waals surface area contributed by atoms with Crippen LogP contribution in [0.5, 0.6) is 0 Å². The highest BCUT2D eigenvalue weighted by molar-refractivity contribution is 6.30. The van der Waals surface area contributed by atoms with Crippen LogP contribution >= 0.6 is 11.6 Å². The van der Waals surface area contributed by atoms with Gasteiger partial charge in [-0.2, -0.15) is 5.10 Å². The molecular formula is C11H10ClN2. The van der Waals surface area contributed by atoms with Gasteiger partial charge in [0.2, 0.25) is 0 Å². The first kappa shape index (κ1) is 9.28. The predicted molar refractivity (Wildman–Crippen MR) is 56.3 cm³/mol. The van der Waals surface area contributed by atoms with Crippen molar-refractivity contribution >= 4 is 11.6 Å². The molecule has 71 valence electrons. The standard InChI is InChI=1S/C11H10ClN2/c1-9(14-7-3-6-13-14)10-4-2-5-11(12)8-10/h2,4-9H,1H3. The zero-order valence-electron chi connectivity index (χ0n) is 7.81. The minimum Gasteiger partial charge on any atom is -0.265 e. The van der Waals surface area contributed by atoms with Crippen LogP contribution in [0.3, 0.4) is 0 Å². The van der Waals surface area contributed by atoms with Gasteiger partial charge in [-0.25, -0.2) is 0 Å². The Morgan fingerprint density at radius 2 is 2.36 bits per heavy atom. The molecular weight excluding hydrogens is 196 g/mol. The summed E-state index contributed by atoms with van der Waals surface area (Å²) >= 11 is 5.91. The van der Waals surface area contributed by atoms with Gasteiger partial charge in [-0.1, -0.05) is 23.7 Å². The maximum atomic E-state index is 5.91. The molecule has 1 radical (unpaired) electrons. The van der Waals surface area contributed by atoms with Crippen molar-refractivity contribution < 1.29 is 0 Å². The van der Waals surface area contributed by atoms with E-state index in [-0.39, 0.29) is 6.04 Å². The molecule has 0 aliphatic heterocycles. The van der Waals surface area contributed by atoms with Crippen LogP contribution in [0.25, 0.3) is 0 Å². The first-order valence-electron chi connectivity index (χ1n) is 4.43. The van der Waals surface area contributed by atoms with Gasteiger partial charge in [-0.15, -0.1) is 0 Å². The zero-order chi connectivity index (χ0) is 9.97. The lowest BCUT2D eigenvalue weighted by molar-refractivity contribution is 0.564. The molecule has 0 aliphatic rings. The molecule has 0 N–H and O–H groups in total. The third-order valence-electron chi connectivity index (χ3n) is 2.20. The number of aromatic nitrogens is 2. The quantitative estimate of drug-likeness (QED) is 0.737. The van der Waals surface area contributed by atoms with Crippen molar-refractivity contribution in [2.45, 2.75) is 13.0 Å². The van der Waals surface area contributed by atoms with Crippen molar-refractivity contribution in [3.05, 3.63) is 53.3 Å². The minimum atomic E-state index is 0.194. The van der Waals surface area contributed by atoms with Crippen LogP contribution in [0.4, 0.5) is 0 Å². The molecule has 0 amide bonds. The van der Waals surface area contributed by atoms with Gasteiger partial charge in [-0.3, -0.25) is 4.68 Å². The molecule has 0 fully saturated rings. The highest BCUT2D eigenvalue weighted by Gasteiger charge is 2.07. The molecule has 3 heteroatoms. The molecule has 0 spiro atoms. The van der Waals surface area contributed by atoms with E-state index in [4.69, 9.17) is 11.6 Å². The normalized spacial score (nSPS) is 12.7. The van der Waals surface area contributed by atoms with E-state index in [1.807, 2.05) is 35.1 Å². The molecule has 2 aromatic rings. The van der Waals surface area contributed by atoms with Crippen molar-refractivity contribution in [3.8, 4) is 0 Å². The molecule has 1 unspecified atom stereocenters. The van der Waals surface area contributed by atoms with Crippen LogP contribution < -0.4 is 0 Å². The number of halogens is 1. The van der Waals surface area contributed by atoms with Gasteiger partial charge in [0.15, 0.2) is 0 Å². The van der Waals surface area contributed by atoms with Gasteiger partial charge in [0, 0.05) is 17.3 Å². The SMILES string of the molecule is CC(c1cccc(Cl)c1)n1c[c]cn1. The molecule has 0 bridgehead atoms. The Labute approximate surface area is 88.1 Å². The zero-order valence-corrected chi connectivity index (χ0v) is 8.57. The Bertz CT molecular complexity index is 409. The van der Waals surface area contributed by atoms with Gasteiger partial charge in [-0.05, 0) is 24.6 Å². The third kappa shape index (κ3) is 1.80. The van der Waals surface area contributed by atoms with Crippen molar-refractivity contribution in [1.29, 1.82) is 0 Å². The van der Waals surface area contributed by atoms with Crippen molar-refractivity contribution in [2.24, 2.45) is 0 Å².